The van der Waals surface area contributed by atoms with Gasteiger partial charge in [-0.3, -0.25) is 4.67 Å². The van der Waals surface area contributed by atoms with Gasteiger partial charge in [-0.25, -0.2) is 0 Å². The molecule has 1 aliphatic rings. The summed E-state index contributed by atoms with van der Waals surface area (Å²) >= 11 is 25.6. The van der Waals surface area contributed by atoms with E-state index in [9.17, 15) is 0 Å². The van der Waals surface area contributed by atoms with Crippen LogP contribution in [0.2, 0.25) is 20.1 Å². The number of hydrogen-bond donors (Lipinski definition) is 0. The van der Waals surface area contributed by atoms with Gasteiger partial charge in [-0.1, -0.05) is 119 Å². The topological polar surface area (TPSA) is 3.24 Å². The summed E-state index contributed by atoms with van der Waals surface area (Å²) in [6, 6.07) is 33.5. The second-order valence-corrected chi connectivity index (χ2v) is 15.2. The largest absolute Gasteiger partial charge is 0.274 e. The number of benzene rings is 4. The molecule has 7 heteroatoms. The normalized spacial score (nSPS) is 15.5. The van der Waals surface area contributed by atoms with Crippen LogP contribution in [0.15, 0.2) is 97.1 Å². The summed E-state index contributed by atoms with van der Waals surface area (Å²) in [6.07, 6.45) is 6.72. The van der Waals surface area contributed by atoms with Crippen molar-refractivity contribution in [2.45, 2.75) is 13.0 Å². The molecule has 197 valence electrons. The predicted molar refractivity (Wildman–Crippen MR) is 175 cm³/mol. The molecule has 0 unspecified atom stereocenters. The Morgan fingerprint density at radius 1 is 0.590 bits per heavy atom. The Bertz CT molecular complexity index is 1310. The van der Waals surface area contributed by atoms with Crippen molar-refractivity contribution >= 4 is 83.6 Å². The van der Waals surface area contributed by atoms with Crippen LogP contribution in [0.1, 0.15) is 6.92 Å². The lowest BCUT2D eigenvalue weighted by atomic mass is 10.00. The van der Waals surface area contributed by atoms with E-state index in [0.29, 0.717) is 20.1 Å². The second-order valence-electron chi connectivity index (χ2n) is 9.13. The van der Waals surface area contributed by atoms with Crippen molar-refractivity contribution in [1.29, 1.82) is 0 Å². The summed E-state index contributed by atoms with van der Waals surface area (Å²) in [5.74, 6) is 1.31. The highest BCUT2D eigenvalue weighted by atomic mass is 35.5. The van der Waals surface area contributed by atoms with Crippen LogP contribution in [0.4, 0.5) is 0 Å². The molecule has 0 bridgehead atoms. The fraction of sp³-hybridized carbons (Fsp3) is 0.0938. The summed E-state index contributed by atoms with van der Waals surface area (Å²) in [7, 11) is 0.443. The molecule has 0 aromatic heterocycles. The van der Waals surface area contributed by atoms with Crippen LogP contribution in [0.3, 0.4) is 0 Å². The van der Waals surface area contributed by atoms with Crippen LogP contribution in [0.25, 0.3) is 0 Å². The number of nitrogens with zero attached hydrogens (tertiary/aromatic N) is 1. The molecule has 0 heterocycles. The van der Waals surface area contributed by atoms with Crippen molar-refractivity contribution < 1.29 is 0 Å². The van der Waals surface area contributed by atoms with Gasteiger partial charge in [0.25, 0.3) is 0 Å². The molecule has 5 radical (unpaired) electrons. The quantitative estimate of drug-likeness (QED) is 0.176. The van der Waals surface area contributed by atoms with Crippen LogP contribution < -0.4 is 21.2 Å². The molecule has 1 atom stereocenters. The van der Waals surface area contributed by atoms with Gasteiger partial charge in [0.1, 0.15) is 0 Å². The van der Waals surface area contributed by atoms with Gasteiger partial charge in [-0.2, -0.15) is 0 Å². The third kappa shape index (κ3) is 6.52. The smallest absolute Gasteiger partial charge is 0.0599 e. The molecule has 0 amide bonds. The van der Waals surface area contributed by atoms with Crippen molar-refractivity contribution in [3.05, 3.63) is 148 Å². The van der Waals surface area contributed by atoms with E-state index < -0.39 is 16.0 Å². The number of halogens is 4. The summed E-state index contributed by atoms with van der Waals surface area (Å²) in [5, 5.41) is 6.99. The Hall–Kier alpha value is -1.14. The molecule has 0 saturated heterocycles. The average Bonchev–Trinajstić information content (AvgIpc) is 3.43. The first-order chi connectivity index (χ1) is 18.8. The van der Waals surface area contributed by atoms with Gasteiger partial charge >= 0.3 is 0 Å². The lowest BCUT2D eigenvalue weighted by Gasteiger charge is -2.40. The maximum Gasteiger partial charge on any atom is 0.0599 e. The minimum Gasteiger partial charge on any atom is -0.274 e. The Labute approximate surface area is 255 Å². The Kier molecular flexibility index (Phi) is 9.96. The molecule has 1 aliphatic carbocycles. The van der Waals surface area contributed by atoms with Crippen LogP contribution >= 0.6 is 62.4 Å². The van der Waals surface area contributed by atoms with E-state index in [2.05, 4.69) is 111 Å². The fourth-order valence-electron chi connectivity index (χ4n) is 4.68. The molecular formula is C32H26Cl4NP2. The highest BCUT2D eigenvalue weighted by molar-refractivity contribution is 7.76. The molecule has 0 spiro atoms. The lowest BCUT2D eigenvalue weighted by Crippen LogP contribution is -2.38. The molecule has 0 aliphatic heterocycles. The van der Waals surface area contributed by atoms with Gasteiger partial charge in [-0.05, 0) is 86.6 Å². The molecule has 0 N–H and O–H groups in total. The second kappa shape index (κ2) is 13.2. The van der Waals surface area contributed by atoms with Gasteiger partial charge in [0.15, 0.2) is 0 Å². The van der Waals surface area contributed by atoms with Crippen LogP contribution in [0.5, 0.6) is 0 Å². The summed E-state index contributed by atoms with van der Waals surface area (Å²) in [5.41, 5.74) is 1.36. The van der Waals surface area contributed by atoms with Gasteiger partial charge < -0.3 is 0 Å². The molecule has 4 aromatic rings. The number of rotatable bonds is 8. The predicted octanol–water partition coefficient (Wildman–Crippen LogP) is 8.83. The molecule has 5 rings (SSSR count). The van der Waals surface area contributed by atoms with E-state index in [1.165, 1.54) is 22.2 Å². The first kappa shape index (κ1) is 29.4. The highest BCUT2D eigenvalue weighted by Crippen LogP contribution is 2.58. The van der Waals surface area contributed by atoms with Gasteiger partial charge in [0, 0.05) is 25.7 Å². The van der Waals surface area contributed by atoms with Crippen molar-refractivity contribution in [2.24, 2.45) is 0 Å². The average molecular weight is 628 g/mol. The van der Waals surface area contributed by atoms with E-state index in [4.69, 9.17) is 46.4 Å². The minimum absolute atomic E-state index is 0.0995. The number of hydrogen-bond acceptors (Lipinski definition) is 1. The van der Waals surface area contributed by atoms with E-state index in [0.717, 1.165) is 10.6 Å². The van der Waals surface area contributed by atoms with Crippen molar-refractivity contribution in [1.82, 2.24) is 4.67 Å². The molecule has 39 heavy (non-hydrogen) atoms. The monoisotopic (exact) mass is 626 g/mol. The van der Waals surface area contributed by atoms with E-state index in [1.807, 2.05) is 24.3 Å². The summed E-state index contributed by atoms with van der Waals surface area (Å²) < 4.78 is 2.43. The van der Waals surface area contributed by atoms with Gasteiger partial charge in [-0.15, -0.1) is 0 Å². The summed E-state index contributed by atoms with van der Waals surface area (Å²) in [4.78, 5) is 0. The molecule has 1 nitrogen and oxygen atoms in total. The third-order valence-corrected chi connectivity index (χ3v) is 13.2. The van der Waals surface area contributed by atoms with Gasteiger partial charge in [0.2, 0.25) is 0 Å². The minimum atomic E-state index is -0.999. The zero-order chi connectivity index (χ0) is 27.5. The first-order valence-corrected chi connectivity index (χ1v) is 16.6. The van der Waals surface area contributed by atoms with Crippen LogP contribution in [-0.4, -0.2) is 17.8 Å². The molecule has 1 saturated carbocycles. The zero-order valence-electron chi connectivity index (χ0n) is 21.4. The molecule has 4 aromatic carbocycles. The maximum atomic E-state index is 6.50. The fourth-order valence-corrected chi connectivity index (χ4v) is 10.4. The van der Waals surface area contributed by atoms with Crippen molar-refractivity contribution in [3.8, 4) is 0 Å². The van der Waals surface area contributed by atoms with Crippen molar-refractivity contribution in [3.63, 3.8) is 0 Å². The van der Waals surface area contributed by atoms with Crippen molar-refractivity contribution in [2.75, 3.05) is 7.05 Å². The lowest BCUT2D eigenvalue weighted by molar-refractivity contribution is 0.454. The maximum absolute atomic E-state index is 6.50. The van der Waals surface area contributed by atoms with Gasteiger partial charge in [0.05, 0.1) is 20.1 Å². The van der Waals surface area contributed by atoms with E-state index in [-0.39, 0.29) is 6.04 Å². The zero-order valence-corrected chi connectivity index (χ0v) is 26.2. The molecular weight excluding hydrogens is 602 g/mol. The Morgan fingerprint density at radius 3 is 1.54 bits per heavy atom. The van der Waals surface area contributed by atoms with Crippen LogP contribution in [0, 0.1) is 30.8 Å². The molecule has 1 fully saturated rings. The first-order valence-electron chi connectivity index (χ1n) is 12.4. The summed E-state index contributed by atoms with van der Waals surface area (Å²) in [6.45, 7) is 2.27. The van der Waals surface area contributed by atoms with E-state index >= 15 is 0 Å². The Morgan fingerprint density at radius 2 is 1.08 bits per heavy atom. The van der Waals surface area contributed by atoms with E-state index in [1.54, 1.807) is 0 Å². The van der Waals surface area contributed by atoms with Crippen LogP contribution in [-0.2, 0) is 0 Å². The highest BCUT2D eigenvalue weighted by Gasteiger charge is 2.42. The Balaban J connectivity index is 1.53. The third-order valence-electron chi connectivity index (χ3n) is 6.72. The standard InChI is InChI=1S/C32H26Cl4NP2/c1-22(27-14-9-15-32(27)38(23-10-5-3-6-11-23)24-12-7-4-8-13-24)37(2)39(25-16-18-28(33)30(35)20-25)26-17-19-29(34)31(36)21-26/h3-22H,1-2H3/t22-/m1/s1. The SMILES string of the molecule is C[C@H]([C]1[CH][CH][CH][C]1P(c1ccccc1)c1ccccc1)N(C)P(c1ccc(Cl)c(Cl)c1)c1ccc(Cl)c(Cl)c1.